The quantitative estimate of drug-likeness (QED) is 0.459. The molecule has 1 unspecified atom stereocenters. The lowest BCUT2D eigenvalue weighted by Gasteiger charge is -2.31. The molecule has 140 valence electrons. The van der Waals surface area contributed by atoms with Crippen LogP contribution in [0.15, 0.2) is 36.4 Å². The van der Waals surface area contributed by atoms with Gasteiger partial charge in [-0.1, -0.05) is 40.9 Å². The molecular formula is C23H24Cl2N2. The van der Waals surface area contributed by atoms with Crippen LogP contribution >= 0.6 is 23.2 Å². The first-order chi connectivity index (χ1) is 12.9. The smallest absolute Gasteiger partial charge is 0.0598 e. The van der Waals surface area contributed by atoms with E-state index >= 15 is 0 Å². The molecule has 0 spiro atoms. The molecule has 0 amide bonds. The van der Waals surface area contributed by atoms with Crippen LogP contribution in [0.5, 0.6) is 0 Å². The van der Waals surface area contributed by atoms with Gasteiger partial charge in [-0.2, -0.15) is 0 Å². The number of hydrogen-bond acceptors (Lipinski definition) is 1. The van der Waals surface area contributed by atoms with Gasteiger partial charge in [-0.3, -0.25) is 4.90 Å². The number of halogens is 2. The number of aryl methyl sites for hydroxylation is 1. The number of aromatic nitrogens is 1. The molecule has 0 aliphatic carbocycles. The zero-order valence-electron chi connectivity index (χ0n) is 16.2. The molecule has 2 heterocycles. The molecule has 2 nitrogen and oxygen atoms in total. The second-order valence-corrected chi connectivity index (χ2v) is 8.42. The molecule has 4 rings (SSSR count). The zero-order chi connectivity index (χ0) is 19.3. The maximum atomic E-state index is 6.24. The Kier molecular flexibility index (Phi) is 4.84. The summed E-state index contributed by atoms with van der Waals surface area (Å²) in [5.41, 5.74) is 7.70. The lowest BCUT2D eigenvalue weighted by Crippen LogP contribution is -2.31. The Balaban J connectivity index is 1.94. The van der Waals surface area contributed by atoms with Crippen LogP contribution in [0, 0.1) is 6.92 Å². The number of benzene rings is 2. The molecule has 0 saturated carbocycles. The van der Waals surface area contributed by atoms with Crippen molar-refractivity contribution < 1.29 is 0 Å². The topological polar surface area (TPSA) is 8.17 Å². The number of rotatable bonds is 2. The Hall–Kier alpha value is -1.74. The van der Waals surface area contributed by atoms with E-state index in [0.29, 0.717) is 16.1 Å². The van der Waals surface area contributed by atoms with Gasteiger partial charge in [-0.05, 0) is 75.2 Å². The van der Waals surface area contributed by atoms with Gasteiger partial charge in [-0.25, -0.2) is 0 Å². The van der Waals surface area contributed by atoms with Gasteiger partial charge in [0, 0.05) is 29.9 Å². The normalized spacial score (nSPS) is 18.1. The molecular weight excluding hydrogens is 375 g/mol. The van der Waals surface area contributed by atoms with E-state index in [4.69, 9.17) is 23.2 Å². The molecule has 2 aromatic carbocycles. The van der Waals surface area contributed by atoms with E-state index in [1.165, 1.54) is 27.7 Å². The van der Waals surface area contributed by atoms with Gasteiger partial charge in [0.2, 0.25) is 0 Å². The average molecular weight is 399 g/mol. The molecule has 3 aromatic rings. The standard InChI is InChI=1S/C23H24Cl2N2/c1-14-5-8-22-19(11-14)18-9-10-26(4)16(3)23(18)27(22)13-15(2)17-6-7-20(24)21(25)12-17/h5-8,11-13,16H,9-10H2,1-4H3/b15-13+. The summed E-state index contributed by atoms with van der Waals surface area (Å²) in [6.07, 6.45) is 3.33. The predicted molar refractivity (Wildman–Crippen MR) is 118 cm³/mol. The van der Waals surface area contributed by atoms with Crippen LogP contribution < -0.4 is 0 Å². The fourth-order valence-corrected chi connectivity index (χ4v) is 4.37. The summed E-state index contributed by atoms with van der Waals surface area (Å²) in [5, 5.41) is 2.55. The Labute approximate surface area is 171 Å². The summed E-state index contributed by atoms with van der Waals surface area (Å²) >= 11 is 12.3. The number of allylic oxidation sites excluding steroid dienone is 1. The molecule has 0 radical (unpaired) electrons. The molecule has 0 fully saturated rings. The average Bonchev–Trinajstić information content (AvgIpc) is 2.94. The fourth-order valence-electron chi connectivity index (χ4n) is 4.07. The SMILES string of the molecule is C/C(=C\n1c2c(c3cc(C)ccc31)CCN(C)C2C)c1ccc(Cl)c(Cl)c1. The third-order valence-corrected chi connectivity index (χ3v) is 6.51. The first kappa shape index (κ1) is 18.6. The Bertz CT molecular complexity index is 1060. The highest BCUT2D eigenvalue weighted by atomic mass is 35.5. The highest BCUT2D eigenvalue weighted by molar-refractivity contribution is 6.42. The number of fused-ring (bicyclic) bond motifs is 3. The van der Waals surface area contributed by atoms with E-state index in [9.17, 15) is 0 Å². The molecule has 4 heteroatoms. The van der Waals surface area contributed by atoms with Crippen molar-refractivity contribution in [3.05, 3.63) is 68.8 Å². The van der Waals surface area contributed by atoms with Gasteiger partial charge in [0.1, 0.15) is 0 Å². The first-order valence-electron chi connectivity index (χ1n) is 9.34. The molecule has 1 aliphatic heterocycles. The number of hydrogen-bond donors (Lipinski definition) is 0. The Morgan fingerprint density at radius 3 is 2.63 bits per heavy atom. The van der Waals surface area contributed by atoms with Crippen molar-refractivity contribution in [1.29, 1.82) is 0 Å². The van der Waals surface area contributed by atoms with Gasteiger partial charge in [0.25, 0.3) is 0 Å². The molecule has 1 atom stereocenters. The number of likely N-dealkylation sites (N-methyl/N-ethyl adjacent to an activating group) is 1. The van der Waals surface area contributed by atoms with Crippen LogP contribution in [0.2, 0.25) is 10.0 Å². The zero-order valence-corrected chi connectivity index (χ0v) is 17.7. The second-order valence-electron chi connectivity index (χ2n) is 7.60. The molecule has 0 bridgehead atoms. The third-order valence-electron chi connectivity index (χ3n) is 5.77. The van der Waals surface area contributed by atoms with Crippen LogP contribution in [-0.2, 0) is 6.42 Å². The summed E-state index contributed by atoms with van der Waals surface area (Å²) in [4.78, 5) is 2.42. The molecule has 1 aliphatic rings. The van der Waals surface area contributed by atoms with E-state index in [-0.39, 0.29) is 0 Å². The van der Waals surface area contributed by atoms with Gasteiger partial charge < -0.3 is 4.57 Å². The molecule has 27 heavy (non-hydrogen) atoms. The van der Waals surface area contributed by atoms with E-state index in [2.05, 4.69) is 61.7 Å². The van der Waals surface area contributed by atoms with Crippen LogP contribution in [0.3, 0.4) is 0 Å². The van der Waals surface area contributed by atoms with Gasteiger partial charge in [0.15, 0.2) is 0 Å². The van der Waals surface area contributed by atoms with Gasteiger partial charge >= 0.3 is 0 Å². The first-order valence-corrected chi connectivity index (χ1v) is 10.1. The van der Waals surface area contributed by atoms with Crippen molar-refractivity contribution in [2.24, 2.45) is 0 Å². The van der Waals surface area contributed by atoms with Gasteiger partial charge in [-0.15, -0.1) is 0 Å². The highest BCUT2D eigenvalue weighted by Gasteiger charge is 2.27. The molecule has 0 N–H and O–H groups in total. The van der Waals surface area contributed by atoms with E-state index < -0.39 is 0 Å². The third kappa shape index (κ3) is 3.20. The highest BCUT2D eigenvalue weighted by Crippen LogP contribution is 2.38. The lowest BCUT2D eigenvalue weighted by atomic mass is 9.98. The predicted octanol–water partition coefficient (Wildman–Crippen LogP) is 6.82. The summed E-state index contributed by atoms with van der Waals surface area (Å²) in [6.45, 7) is 7.68. The van der Waals surface area contributed by atoms with E-state index in [1.54, 1.807) is 0 Å². The molecule has 1 aromatic heterocycles. The van der Waals surface area contributed by atoms with Crippen molar-refractivity contribution >= 4 is 45.9 Å². The Morgan fingerprint density at radius 2 is 1.89 bits per heavy atom. The van der Waals surface area contributed by atoms with E-state index in [0.717, 1.165) is 24.1 Å². The summed E-state index contributed by atoms with van der Waals surface area (Å²) in [7, 11) is 2.20. The minimum absolute atomic E-state index is 0.374. The van der Waals surface area contributed by atoms with Crippen molar-refractivity contribution in [1.82, 2.24) is 9.47 Å². The van der Waals surface area contributed by atoms with Crippen molar-refractivity contribution in [2.75, 3.05) is 13.6 Å². The van der Waals surface area contributed by atoms with Crippen molar-refractivity contribution in [3.8, 4) is 0 Å². The van der Waals surface area contributed by atoms with Crippen LogP contribution in [0.25, 0.3) is 22.7 Å². The summed E-state index contributed by atoms with van der Waals surface area (Å²) in [5.74, 6) is 0. The minimum atomic E-state index is 0.374. The van der Waals surface area contributed by atoms with E-state index in [1.807, 2.05) is 18.2 Å². The molecule has 0 saturated heterocycles. The van der Waals surface area contributed by atoms with Crippen LogP contribution in [-0.4, -0.2) is 23.1 Å². The minimum Gasteiger partial charge on any atom is -0.318 e. The van der Waals surface area contributed by atoms with Crippen molar-refractivity contribution in [2.45, 2.75) is 33.2 Å². The maximum absolute atomic E-state index is 6.24. The summed E-state index contributed by atoms with van der Waals surface area (Å²) < 4.78 is 2.38. The lowest BCUT2D eigenvalue weighted by molar-refractivity contribution is 0.242. The second kappa shape index (κ2) is 7.01. The fraction of sp³-hybridized carbons (Fsp3) is 0.304. The van der Waals surface area contributed by atoms with Crippen LogP contribution in [0.1, 0.15) is 42.3 Å². The van der Waals surface area contributed by atoms with Crippen LogP contribution in [0.4, 0.5) is 0 Å². The largest absolute Gasteiger partial charge is 0.318 e. The summed E-state index contributed by atoms with van der Waals surface area (Å²) in [6, 6.07) is 13.0. The van der Waals surface area contributed by atoms with Gasteiger partial charge in [0.05, 0.1) is 15.6 Å². The monoisotopic (exact) mass is 398 g/mol. The number of nitrogens with zero attached hydrogens (tertiary/aromatic N) is 2. The Morgan fingerprint density at radius 1 is 1.11 bits per heavy atom. The maximum Gasteiger partial charge on any atom is 0.0598 e. The van der Waals surface area contributed by atoms with Crippen molar-refractivity contribution in [3.63, 3.8) is 0 Å².